The van der Waals surface area contributed by atoms with Crippen molar-refractivity contribution >= 4 is 40.9 Å². The molecule has 1 saturated heterocycles. The Morgan fingerprint density at radius 2 is 1.71 bits per heavy atom. The van der Waals surface area contributed by atoms with Crippen LogP contribution in [0.25, 0.3) is 11.6 Å². The van der Waals surface area contributed by atoms with E-state index in [1.807, 2.05) is 18.2 Å². The number of anilines is 2. The van der Waals surface area contributed by atoms with Gasteiger partial charge in [0.25, 0.3) is 11.8 Å². The van der Waals surface area contributed by atoms with Crippen molar-refractivity contribution in [2.75, 3.05) is 16.9 Å². The molecule has 176 valence electrons. The quantitative estimate of drug-likeness (QED) is 0.526. The van der Waals surface area contributed by atoms with E-state index in [1.54, 1.807) is 24.3 Å². The third kappa shape index (κ3) is 3.98. The van der Waals surface area contributed by atoms with E-state index < -0.39 is 17.8 Å². The van der Waals surface area contributed by atoms with Crippen molar-refractivity contribution in [3.8, 4) is 5.75 Å². The number of allylic oxidation sites excluding steroid dienone is 1. The number of urea groups is 1. The highest BCUT2D eigenvalue weighted by Gasteiger charge is 2.37. The van der Waals surface area contributed by atoms with E-state index in [0.29, 0.717) is 17.0 Å². The Morgan fingerprint density at radius 3 is 2.32 bits per heavy atom. The maximum Gasteiger partial charge on any atom is 0.335 e. The molecule has 2 heterocycles. The molecule has 0 bridgehead atoms. The molecule has 0 saturated carbocycles. The summed E-state index contributed by atoms with van der Waals surface area (Å²) in [7, 11) is 1.53. The van der Waals surface area contributed by atoms with Gasteiger partial charge in [0.1, 0.15) is 11.3 Å². The number of carbonyl (C=O) groups excluding carboxylic acids is 3. The molecule has 0 unspecified atom stereocenters. The van der Waals surface area contributed by atoms with Crippen molar-refractivity contribution in [2.24, 2.45) is 0 Å². The van der Waals surface area contributed by atoms with Gasteiger partial charge in [0, 0.05) is 17.3 Å². The van der Waals surface area contributed by atoms with Crippen LogP contribution in [0.4, 0.5) is 16.2 Å². The summed E-state index contributed by atoms with van der Waals surface area (Å²) in [6.07, 6.45) is 3.77. The van der Waals surface area contributed by atoms with E-state index in [4.69, 9.17) is 4.74 Å². The van der Waals surface area contributed by atoms with E-state index in [2.05, 4.69) is 50.9 Å². The van der Waals surface area contributed by atoms with Gasteiger partial charge in [-0.1, -0.05) is 12.1 Å². The number of benzene rings is 2. The first kappa shape index (κ1) is 23.3. The van der Waals surface area contributed by atoms with Crippen LogP contribution in [-0.2, 0) is 9.59 Å². The van der Waals surface area contributed by atoms with Crippen LogP contribution in [0.1, 0.15) is 45.7 Å². The molecule has 4 rings (SSSR count). The Balaban J connectivity index is 1.73. The van der Waals surface area contributed by atoms with E-state index in [0.717, 1.165) is 21.7 Å². The summed E-state index contributed by atoms with van der Waals surface area (Å²) >= 11 is 0. The Labute approximate surface area is 199 Å². The molecule has 7 heteroatoms. The second-order valence-corrected chi connectivity index (χ2v) is 9.38. The van der Waals surface area contributed by atoms with Gasteiger partial charge in [0.05, 0.1) is 18.3 Å². The monoisotopic (exact) mass is 459 g/mol. The number of rotatable bonds is 4. The van der Waals surface area contributed by atoms with Crippen molar-refractivity contribution in [3.63, 3.8) is 0 Å². The van der Waals surface area contributed by atoms with Crippen LogP contribution in [0.5, 0.6) is 5.75 Å². The largest absolute Gasteiger partial charge is 0.497 e. The highest BCUT2D eigenvalue weighted by Crippen LogP contribution is 2.40. The van der Waals surface area contributed by atoms with Crippen molar-refractivity contribution in [2.45, 2.75) is 46.2 Å². The minimum Gasteiger partial charge on any atom is -0.497 e. The number of hydrogen-bond donors (Lipinski definition) is 1. The van der Waals surface area contributed by atoms with Crippen molar-refractivity contribution in [3.05, 3.63) is 65.2 Å². The van der Waals surface area contributed by atoms with Crippen LogP contribution in [0.2, 0.25) is 0 Å². The zero-order chi connectivity index (χ0) is 24.8. The summed E-state index contributed by atoms with van der Waals surface area (Å²) < 4.78 is 5.14. The minimum absolute atomic E-state index is 0.103. The molecule has 34 heavy (non-hydrogen) atoms. The SMILES string of the molecule is COc1ccc(N2C(=O)NC(=O)/C(=C\c3ccc4c(c3)C(C)=CC(C)(C)N4C(C)C)C2=O)cc1. The molecule has 0 aliphatic carbocycles. The molecular formula is C27H29N3O4. The first-order valence-electron chi connectivity index (χ1n) is 11.2. The van der Waals surface area contributed by atoms with E-state index in [-0.39, 0.29) is 17.2 Å². The van der Waals surface area contributed by atoms with Gasteiger partial charge in [0.15, 0.2) is 0 Å². The average Bonchev–Trinajstić information content (AvgIpc) is 2.76. The Morgan fingerprint density at radius 1 is 1.03 bits per heavy atom. The van der Waals surface area contributed by atoms with Crippen LogP contribution >= 0.6 is 0 Å². The van der Waals surface area contributed by atoms with Crippen molar-refractivity contribution in [1.82, 2.24) is 5.32 Å². The van der Waals surface area contributed by atoms with Gasteiger partial charge in [-0.2, -0.15) is 0 Å². The number of amides is 4. The average molecular weight is 460 g/mol. The lowest BCUT2D eigenvalue weighted by molar-refractivity contribution is -0.122. The summed E-state index contributed by atoms with van der Waals surface area (Å²) in [6, 6.07) is 11.9. The Bertz CT molecular complexity index is 1240. The number of ether oxygens (including phenoxy) is 1. The van der Waals surface area contributed by atoms with Crippen LogP contribution in [0.15, 0.2) is 54.1 Å². The molecule has 2 aliphatic heterocycles. The second kappa shape index (κ2) is 8.48. The fourth-order valence-electron chi connectivity index (χ4n) is 4.89. The predicted octanol–water partition coefficient (Wildman–Crippen LogP) is 4.77. The third-order valence-electron chi connectivity index (χ3n) is 6.16. The highest BCUT2D eigenvalue weighted by atomic mass is 16.5. The number of carbonyl (C=O) groups is 3. The second-order valence-electron chi connectivity index (χ2n) is 9.38. The smallest absolute Gasteiger partial charge is 0.335 e. The fourth-order valence-corrected chi connectivity index (χ4v) is 4.89. The molecule has 0 radical (unpaired) electrons. The lowest BCUT2D eigenvalue weighted by Gasteiger charge is -2.46. The zero-order valence-electron chi connectivity index (χ0n) is 20.3. The minimum atomic E-state index is -0.781. The van der Waals surface area contributed by atoms with Gasteiger partial charge in [-0.3, -0.25) is 14.9 Å². The molecule has 0 aromatic heterocycles. The van der Waals surface area contributed by atoms with E-state index in [1.165, 1.54) is 13.2 Å². The third-order valence-corrected chi connectivity index (χ3v) is 6.16. The molecular weight excluding hydrogens is 430 g/mol. The number of hydrogen-bond acceptors (Lipinski definition) is 5. The van der Waals surface area contributed by atoms with E-state index in [9.17, 15) is 14.4 Å². The molecule has 0 atom stereocenters. The molecule has 1 fully saturated rings. The van der Waals surface area contributed by atoms with Gasteiger partial charge in [-0.15, -0.1) is 0 Å². The molecule has 7 nitrogen and oxygen atoms in total. The summed E-state index contributed by atoms with van der Waals surface area (Å²) in [5.41, 5.74) is 4.10. The highest BCUT2D eigenvalue weighted by molar-refractivity contribution is 6.39. The van der Waals surface area contributed by atoms with Crippen LogP contribution < -0.4 is 19.9 Å². The number of barbiturate groups is 1. The Kier molecular flexibility index (Phi) is 5.81. The maximum absolute atomic E-state index is 13.2. The van der Waals surface area contributed by atoms with Gasteiger partial charge in [-0.25, -0.2) is 9.69 Å². The predicted molar refractivity (Wildman–Crippen MR) is 134 cm³/mol. The zero-order valence-corrected chi connectivity index (χ0v) is 20.3. The molecule has 0 spiro atoms. The van der Waals surface area contributed by atoms with Gasteiger partial charge in [0.2, 0.25) is 0 Å². The normalized spacial score (nSPS) is 18.7. The number of methoxy groups -OCH3 is 1. The number of nitrogens with one attached hydrogen (secondary N) is 1. The molecule has 4 amide bonds. The van der Waals surface area contributed by atoms with Crippen LogP contribution in [0, 0.1) is 0 Å². The summed E-state index contributed by atoms with van der Waals surface area (Å²) in [5.74, 6) is -0.792. The maximum atomic E-state index is 13.2. The van der Waals surface area contributed by atoms with Crippen LogP contribution in [0.3, 0.4) is 0 Å². The number of nitrogens with zero attached hydrogens (tertiary/aromatic N) is 2. The lowest BCUT2D eigenvalue weighted by Crippen LogP contribution is -2.54. The van der Waals surface area contributed by atoms with Gasteiger partial charge >= 0.3 is 6.03 Å². The molecule has 1 N–H and O–H groups in total. The standard InChI is InChI=1S/C27H29N3O4/c1-16(2)30-23-12-7-18(13-21(23)17(3)15-27(30,4)5)14-22-24(31)28-26(33)29(25(22)32)19-8-10-20(34-6)11-9-19/h7-16H,1-6H3,(H,28,31,33)/b22-14+. The molecule has 2 aromatic carbocycles. The first-order valence-corrected chi connectivity index (χ1v) is 11.2. The fraction of sp³-hybridized carbons (Fsp3) is 0.296. The topological polar surface area (TPSA) is 79.0 Å². The summed E-state index contributed by atoms with van der Waals surface area (Å²) in [5, 5.41) is 2.27. The molecule has 2 aliphatic rings. The number of fused-ring (bicyclic) bond motifs is 1. The Hall–Kier alpha value is -3.87. The first-order chi connectivity index (χ1) is 16.0. The van der Waals surface area contributed by atoms with Gasteiger partial charge in [-0.05, 0) is 88.2 Å². The number of imide groups is 2. The van der Waals surface area contributed by atoms with Crippen molar-refractivity contribution < 1.29 is 19.1 Å². The van der Waals surface area contributed by atoms with Crippen LogP contribution in [-0.4, -0.2) is 36.5 Å². The molecule has 2 aromatic rings. The summed E-state index contributed by atoms with van der Waals surface area (Å²) in [4.78, 5) is 41.6. The van der Waals surface area contributed by atoms with E-state index >= 15 is 0 Å². The summed E-state index contributed by atoms with van der Waals surface area (Å²) in [6.45, 7) is 10.8. The lowest BCUT2D eigenvalue weighted by atomic mass is 9.86. The van der Waals surface area contributed by atoms with Gasteiger partial charge < -0.3 is 9.64 Å². The van der Waals surface area contributed by atoms with Crippen molar-refractivity contribution in [1.29, 1.82) is 0 Å².